The summed E-state index contributed by atoms with van der Waals surface area (Å²) in [7, 11) is 0. The Morgan fingerprint density at radius 2 is 1.72 bits per heavy atom. The summed E-state index contributed by atoms with van der Waals surface area (Å²) in [5.74, 6) is -0.357. The molecular formula is C15H21ClFN. The molecule has 0 unspecified atom stereocenters. The average Bonchev–Trinajstić information content (AvgIpc) is 2.30. The highest BCUT2D eigenvalue weighted by Crippen LogP contribution is 2.28. The first-order valence-corrected chi connectivity index (χ1v) is 7.20. The van der Waals surface area contributed by atoms with Crippen molar-refractivity contribution >= 4 is 11.6 Å². The van der Waals surface area contributed by atoms with Gasteiger partial charge in [0.15, 0.2) is 0 Å². The Labute approximate surface area is 114 Å². The molecule has 1 nitrogen and oxygen atoms in total. The molecule has 0 aliphatic heterocycles. The maximum absolute atomic E-state index is 13.1. The lowest BCUT2D eigenvalue weighted by Crippen LogP contribution is -2.42. The second kappa shape index (κ2) is 6.03. The Balaban J connectivity index is 2.07. The van der Waals surface area contributed by atoms with Crippen molar-refractivity contribution < 1.29 is 4.39 Å². The van der Waals surface area contributed by atoms with Crippen molar-refractivity contribution in [2.75, 3.05) is 0 Å². The van der Waals surface area contributed by atoms with Crippen LogP contribution in [-0.2, 0) is 6.42 Å². The monoisotopic (exact) mass is 269 g/mol. The van der Waals surface area contributed by atoms with Crippen molar-refractivity contribution in [3.05, 3.63) is 34.6 Å². The first-order valence-electron chi connectivity index (χ1n) is 6.82. The maximum Gasteiger partial charge on any atom is 0.141 e. The molecule has 1 aromatic rings. The minimum Gasteiger partial charge on any atom is -0.325 e. The molecule has 1 fully saturated rings. The van der Waals surface area contributed by atoms with Gasteiger partial charge in [0.05, 0.1) is 5.02 Å². The van der Waals surface area contributed by atoms with Crippen LogP contribution in [0.1, 0.15) is 50.5 Å². The summed E-state index contributed by atoms with van der Waals surface area (Å²) in [6.07, 6.45) is 9.21. The molecule has 0 bridgehead atoms. The zero-order valence-electron chi connectivity index (χ0n) is 10.7. The van der Waals surface area contributed by atoms with Crippen LogP contribution < -0.4 is 5.73 Å². The van der Waals surface area contributed by atoms with Crippen LogP contribution in [0.4, 0.5) is 4.39 Å². The highest BCUT2D eigenvalue weighted by molar-refractivity contribution is 6.30. The number of hydrogen-bond donors (Lipinski definition) is 1. The topological polar surface area (TPSA) is 26.0 Å². The second-order valence-electron chi connectivity index (χ2n) is 5.56. The predicted octanol–water partition coefficient (Wildman–Crippen LogP) is 4.46. The third-order valence-electron chi connectivity index (χ3n) is 3.89. The number of benzene rings is 1. The molecule has 0 radical (unpaired) electrons. The van der Waals surface area contributed by atoms with Gasteiger partial charge >= 0.3 is 0 Å². The van der Waals surface area contributed by atoms with Crippen molar-refractivity contribution in [2.45, 2.75) is 56.9 Å². The third-order valence-corrected chi connectivity index (χ3v) is 4.18. The van der Waals surface area contributed by atoms with E-state index in [1.807, 2.05) is 0 Å². The zero-order chi connectivity index (χ0) is 13.0. The van der Waals surface area contributed by atoms with Gasteiger partial charge in [-0.3, -0.25) is 0 Å². The molecule has 2 rings (SSSR count). The van der Waals surface area contributed by atoms with Gasteiger partial charge in [0.1, 0.15) is 5.82 Å². The van der Waals surface area contributed by atoms with Gasteiger partial charge in [-0.25, -0.2) is 4.39 Å². The molecule has 0 atom stereocenters. The summed E-state index contributed by atoms with van der Waals surface area (Å²) in [5.41, 5.74) is 7.42. The van der Waals surface area contributed by atoms with Gasteiger partial charge in [0.2, 0.25) is 0 Å². The van der Waals surface area contributed by atoms with Gasteiger partial charge in [-0.15, -0.1) is 0 Å². The molecule has 0 saturated heterocycles. The Morgan fingerprint density at radius 3 is 2.33 bits per heavy atom. The molecule has 1 aliphatic carbocycles. The fourth-order valence-electron chi connectivity index (χ4n) is 2.84. The van der Waals surface area contributed by atoms with Crippen molar-refractivity contribution in [1.82, 2.24) is 0 Å². The van der Waals surface area contributed by atoms with Gasteiger partial charge in [0, 0.05) is 5.54 Å². The van der Waals surface area contributed by atoms with E-state index in [0.29, 0.717) is 0 Å². The minimum atomic E-state index is -0.357. The fourth-order valence-corrected chi connectivity index (χ4v) is 3.05. The second-order valence-corrected chi connectivity index (χ2v) is 5.96. The highest BCUT2D eigenvalue weighted by Gasteiger charge is 2.25. The first-order chi connectivity index (χ1) is 8.59. The number of hydrogen-bond acceptors (Lipinski definition) is 1. The van der Waals surface area contributed by atoms with E-state index in [4.69, 9.17) is 17.3 Å². The lowest BCUT2D eigenvalue weighted by atomic mass is 9.80. The zero-order valence-corrected chi connectivity index (χ0v) is 11.5. The third kappa shape index (κ3) is 3.69. The predicted molar refractivity (Wildman–Crippen MR) is 74.4 cm³/mol. The van der Waals surface area contributed by atoms with Gasteiger partial charge in [-0.1, -0.05) is 49.8 Å². The van der Waals surface area contributed by atoms with Crippen LogP contribution in [-0.4, -0.2) is 5.54 Å². The molecule has 2 N–H and O–H groups in total. The first kappa shape index (κ1) is 13.8. The van der Waals surface area contributed by atoms with Crippen LogP contribution in [0, 0.1) is 5.82 Å². The summed E-state index contributed by atoms with van der Waals surface area (Å²) in [6, 6.07) is 4.95. The maximum atomic E-state index is 13.1. The standard InChI is InChI=1S/C15H21ClFN/c16-13-10-12(6-7-14(13)17)11-15(18)8-4-2-1-3-5-9-15/h6-7,10H,1-5,8-9,11,18H2. The quantitative estimate of drug-likeness (QED) is 0.843. The van der Waals surface area contributed by atoms with E-state index >= 15 is 0 Å². The molecule has 0 amide bonds. The number of nitrogens with two attached hydrogens (primary N) is 1. The lowest BCUT2D eigenvalue weighted by molar-refractivity contribution is 0.314. The van der Waals surface area contributed by atoms with E-state index in [0.717, 1.165) is 24.8 Å². The van der Waals surface area contributed by atoms with Gasteiger partial charge in [-0.2, -0.15) is 0 Å². The van der Waals surface area contributed by atoms with Gasteiger partial charge < -0.3 is 5.73 Å². The molecular weight excluding hydrogens is 249 g/mol. The van der Waals surface area contributed by atoms with E-state index in [2.05, 4.69) is 0 Å². The molecule has 1 aliphatic rings. The Hall–Kier alpha value is -0.600. The van der Waals surface area contributed by atoms with E-state index in [1.54, 1.807) is 12.1 Å². The van der Waals surface area contributed by atoms with Crippen molar-refractivity contribution in [2.24, 2.45) is 5.73 Å². The van der Waals surface area contributed by atoms with Crippen LogP contribution in [0.15, 0.2) is 18.2 Å². The van der Waals surface area contributed by atoms with Crippen molar-refractivity contribution in [1.29, 1.82) is 0 Å². The summed E-state index contributed by atoms with van der Waals surface area (Å²) in [6.45, 7) is 0. The van der Waals surface area contributed by atoms with Gasteiger partial charge in [0.25, 0.3) is 0 Å². The van der Waals surface area contributed by atoms with E-state index in [1.165, 1.54) is 38.2 Å². The van der Waals surface area contributed by atoms with Crippen molar-refractivity contribution in [3.8, 4) is 0 Å². The molecule has 0 heterocycles. The average molecular weight is 270 g/mol. The van der Waals surface area contributed by atoms with Crippen LogP contribution in [0.2, 0.25) is 5.02 Å². The summed E-state index contributed by atoms with van der Waals surface area (Å²) < 4.78 is 13.1. The largest absolute Gasteiger partial charge is 0.325 e. The molecule has 1 saturated carbocycles. The smallest absolute Gasteiger partial charge is 0.141 e. The number of rotatable bonds is 2. The highest BCUT2D eigenvalue weighted by atomic mass is 35.5. The fraction of sp³-hybridized carbons (Fsp3) is 0.600. The SMILES string of the molecule is NC1(Cc2ccc(F)c(Cl)c2)CCCCCCC1. The van der Waals surface area contributed by atoms with Crippen LogP contribution in [0.25, 0.3) is 0 Å². The molecule has 3 heteroatoms. The number of halogens is 2. The van der Waals surface area contributed by atoms with Gasteiger partial charge in [-0.05, 0) is 37.0 Å². The minimum absolute atomic E-state index is 0.137. The molecule has 18 heavy (non-hydrogen) atoms. The van der Waals surface area contributed by atoms with Crippen LogP contribution in [0.5, 0.6) is 0 Å². The Kier molecular flexibility index (Phi) is 4.63. The summed E-state index contributed by atoms with van der Waals surface area (Å²) in [4.78, 5) is 0. The molecule has 0 aromatic heterocycles. The van der Waals surface area contributed by atoms with E-state index < -0.39 is 0 Å². The Bertz CT molecular complexity index is 397. The molecule has 1 aromatic carbocycles. The van der Waals surface area contributed by atoms with E-state index in [9.17, 15) is 4.39 Å². The Morgan fingerprint density at radius 1 is 1.11 bits per heavy atom. The summed E-state index contributed by atoms with van der Waals surface area (Å²) >= 11 is 5.82. The summed E-state index contributed by atoms with van der Waals surface area (Å²) in [5, 5.41) is 0.196. The molecule has 100 valence electrons. The van der Waals surface area contributed by atoms with Crippen LogP contribution >= 0.6 is 11.6 Å². The normalized spacial score (nSPS) is 20.2. The van der Waals surface area contributed by atoms with Crippen LogP contribution in [0.3, 0.4) is 0 Å². The lowest BCUT2D eigenvalue weighted by Gasteiger charge is -2.31. The van der Waals surface area contributed by atoms with Crippen molar-refractivity contribution in [3.63, 3.8) is 0 Å². The van der Waals surface area contributed by atoms with E-state index in [-0.39, 0.29) is 16.4 Å². The molecule has 0 spiro atoms.